The minimum atomic E-state index is -2.93. The first-order chi connectivity index (χ1) is 20.5. The Balaban J connectivity index is 1.42. The molecule has 3 aromatic rings. The van der Waals surface area contributed by atoms with E-state index < -0.39 is 10.5 Å². The monoisotopic (exact) mass is 606 g/mol. The van der Waals surface area contributed by atoms with Gasteiger partial charge in [-0.1, -0.05) is 42.8 Å². The molecule has 2 aliphatic carbocycles. The van der Waals surface area contributed by atoms with E-state index in [4.69, 9.17) is 4.84 Å². The molecule has 0 saturated heterocycles. The second-order valence-corrected chi connectivity index (χ2v) is 14.6. The number of nitrogens with zero attached hydrogens (tertiary/aromatic N) is 4. The fraction of sp³-hybridized carbons (Fsp3) is 0.412. The smallest absolute Gasteiger partial charge is 0.198 e. The first-order valence-electron chi connectivity index (χ1n) is 14.9. The highest BCUT2D eigenvalue weighted by Crippen LogP contribution is 2.58. The maximum atomic E-state index is 13.6. The average Bonchev–Trinajstić information content (AvgIpc) is 3.54. The number of aryl methyl sites for hydroxylation is 1. The number of carbonyl (C=O) groups is 1. The van der Waals surface area contributed by atoms with Crippen LogP contribution in [-0.4, -0.2) is 56.5 Å². The Kier molecular flexibility index (Phi) is 9.27. The van der Waals surface area contributed by atoms with Gasteiger partial charge in [0.25, 0.3) is 0 Å². The van der Waals surface area contributed by atoms with E-state index in [1.165, 1.54) is 23.3 Å². The highest BCUT2D eigenvalue weighted by molar-refractivity contribution is 8.40. The zero-order valence-corrected chi connectivity index (χ0v) is 26.6. The number of aromatic nitrogens is 2. The molecule has 1 heterocycles. The molecule has 1 N–H and O–H groups in total. The van der Waals surface area contributed by atoms with E-state index in [2.05, 4.69) is 30.2 Å². The van der Waals surface area contributed by atoms with Crippen LogP contribution in [0.1, 0.15) is 56.9 Å². The van der Waals surface area contributed by atoms with E-state index in [1.807, 2.05) is 40.3 Å². The molecule has 1 aromatic heterocycles. The van der Waals surface area contributed by atoms with Gasteiger partial charge in [0.1, 0.15) is 11.6 Å². The van der Waals surface area contributed by atoms with Crippen LogP contribution in [0.3, 0.4) is 0 Å². The van der Waals surface area contributed by atoms with Crippen LogP contribution < -0.4 is 0 Å². The summed E-state index contributed by atoms with van der Waals surface area (Å²) >= 11 is 0. The van der Waals surface area contributed by atoms with E-state index >= 15 is 0 Å². The van der Waals surface area contributed by atoms with Crippen LogP contribution in [0, 0.1) is 17.2 Å². The topological polar surface area (TPSA) is 70.8 Å². The number of benzene rings is 2. The number of halogens is 1. The molecule has 0 radical (unpaired) electrons. The Hall–Kier alpha value is -3.24. The first-order valence-corrected chi connectivity index (χ1v) is 16.5. The van der Waals surface area contributed by atoms with E-state index in [-0.39, 0.29) is 17.2 Å². The molecule has 9 heteroatoms. The zero-order valence-electron chi connectivity index (χ0n) is 25.8. The van der Waals surface area contributed by atoms with Crippen molar-refractivity contribution in [3.8, 4) is 5.69 Å². The van der Waals surface area contributed by atoms with Crippen LogP contribution in [0.2, 0.25) is 0 Å². The number of hydrogen-bond acceptors (Lipinski definition) is 6. The Morgan fingerprint density at radius 2 is 1.91 bits per heavy atom. The van der Waals surface area contributed by atoms with E-state index in [0.29, 0.717) is 23.8 Å². The van der Waals surface area contributed by atoms with E-state index in [0.717, 1.165) is 54.7 Å². The van der Waals surface area contributed by atoms with E-state index in [9.17, 15) is 13.7 Å². The molecule has 1 saturated carbocycles. The first kappa shape index (κ1) is 31.2. The minimum Gasteiger partial charge on any atom is -0.410 e. The van der Waals surface area contributed by atoms with Gasteiger partial charge in [0.15, 0.2) is 5.62 Å². The van der Waals surface area contributed by atoms with Crippen molar-refractivity contribution in [2.75, 3.05) is 27.2 Å². The summed E-state index contributed by atoms with van der Waals surface area (Å²) in [6.45, 7) is 7.12. The Labute approximate surface area is 256 Å². The fourth-order valence-electron chi connectivity index (χ4n) is 6.58. The molecule has 3 atom stereocenters. The molecular formula is C34H43FN4O3S. The van der Waals surface area contributed by atoms with Crippen LogP contribution in [0.25, 0.3) is 11.8 Å². The van der Waals surface area contributed by atoms with Crippen molar-refractivity contribution in [1.29, 1.82) is 0 Å². The minimum absolute atomic E-state index is 0.128. The second-order valence-electron chi connectivity index (χ2n) is 12.1. The lowest BCUT2D eigenvalue weighted by Gasteiger charge is -2.45. The van der Waals surface area contributed by atoms with Gasteiger partial charge in [-0.3, -0.25) is 4.79 Å². The van der Waals surface area contributed by atoms with Gasteiger partial charge < -0.3 is 9.39 Å². The summed E-state index contributed by atoms with van der Waals surface area (Å²) in [7, 11) is 0.639. The maximum absolute atomic E-state index is 13.6. The number of hydroxylamine groups is 2. The molecule has 2 aromatic carbocycles. The van der Waals surface area contributed by atoms with Gasteiger partial charge in [0.2, 0.25) is 0 Å². The van der Waals surface area contributed by atoms with Crippen LogP contribution >= 0.6 is 10.5 Å². The van der Waals surface area contributed by atoms with Gasteiger partial charge in [-0.05, 0) is 98.8 Å². The number of allylic oxidation sites excluding steroid dienone is 3. The largest absolute Gasteiger partial charge is 0.410 e. The molecule has 43 heavy (non-hydrogen) atoms. The summed E-state index contributed by atoms with van der Waals surface area (Å²) in [5.74, 6) is 0.504. The quantitative estimate of drug-likeness (QED) is 0.131. The highest BCUT2D eigenvalue weighted by atomic mass is 32.3. The van der Waals surface area contributed by atoms with Gasteiger partial charge in [-0.15, -0.1) is 0 Å². The predicted octanol–water partition coefficient (Wildman–Crippen LogP) is 7.43. The number of hydrogen-bond donors (Lipinski definition) is 1. The summed E-state index contributed by atoms with van der Waals surface area (Å²) in [5.41, 5.74) is 6.25. The fourth-order valence-corrected chi connectivity index (χ4v) is 8.51. The van der Waals surface area contributed by atoms with Crippen molar-refractivity contribution in [2.45, 2.75) is 52.9 Å². The molecule has 7 nitrogen and oxygen atoms in total. The molecule has 1 unspecified atom stereocenters. The molecule has 0 aliphatic heterocycles. The predicted molar refractivity (Wildman–Crippen MR) is 172 cm³/mol. The van der Waals surface area contributed by atoms with Crippen LogP contribution in [0.4, 0.5) is 4.39 Å². The Bertz CT molecular complexity index is 1500. The van der Waals surface area contributed by atoms with Crippen molar-refractivity contribution in [1.82, 2.24) is 19.1 Å². The third-order valence-electron chi connectivity index (χ3n) is 9.16. The Morgan fingerprint density at radius 3 is 2.58 bits per heavy atom. The van der Waals surface area contributed by atoms with Crippen LogP contribution in [-0.2, 0) is 22.5 Å². The normalized spacial score (nSPS) is 22.3. The second kappa shape index (κ2) is 12.8. The standard InChI is InChI=1S/C34H43FN4O3S/c1-25(42-37(4)5)26(2)43(41,24-40)38(19-9-12-27-10-7-6-8-11-27)23-30-14-13-29-20-33-28(21-34(29,30)3)22-36-39(33)32-17-15-31(35)16-18-32/h6-8,10-11,15-18,20,22,24,30,41H,9,12-14,19,21,23H2,1-5H3/b26-25+/t30-,34+/m1/s1. The van der Waals surface area contributed by atoms with Crippen molar-refractivity contribution in [3.63, 3.8) is 0 Å². The van der Waals surface area contributed by atoms with Crippen molar-refractivity contribution in [3.05, 3.63) is 99.7 Å². The maximum Gasteiger partial charge on any atom is 0.198 e. The molecular weight excluding hydrogens is 563 g/mol. The number of fused-ring (bicyclic) bond motifs is 2. The van der Waals surface area contributed by atoms with Crippen LogP contribution in [0.5, 0.6) is 0 Å². The van der Waals surface area contributed by atoms with Crippen molar-refractivity contribution < 1.29 is 18.6 Å². The van der Waals surface area contributed by atoms with Crippen molar-refractivity contribution >= 4 is 22.2 Å². The average molecular weight is 607 g/mol. The van der Waals surface area contributed by atoms with Crippen molar-refractivity contribution in [2.24, 2.45) is 11.3 Å². The van der Waals surface area contributed by atoms with Gasteiger partial charge in [0, 0.05) is 42.6 Å². The number of rotatable bonds is 12. The molecule has 2 aliphatic rings. The lowest BCUT2D eigenvalue weighted by Crippen LogP contribution is -2.40. The molecule has 5 rings (SSSR count). The molecule has 0 bridgehead atoms. The highest BCUT2D eigenvalue weighted by Gasteiger charge is 2.47. The lowest BCUT2D eigenvalue weighted by atomic mass is 9.70. The summed E-state index contributed by atoms with van der Waals surface area (Å²) in [4.78, 5) is 19.2. The molecule has 0 amide bonds. The van der Waals surface area contributed by atoms with Gasteiger partial charge >= 0.3 is 0 Å². The van der Waals surface area contributed by atoms with Gasteiger partial charge in [-0.25, -0.2) is 13.4 Å². The molecule has 1 fully saturated rings. The third kappa shape index (κ3) is 6.36. The van der Waals surface area contributed by atoms with Gasteiger partial charge in [0.05, 0.1) is 17.6 Å². The zero-order chi connectivity index (χ0) is 30.8. The molecule has 230 valence electrons. The van der Waals surface area contributed by atoms with Crippen LogP contribution in [0.15, 0.2) is 77.0 Å². The summed E-state index contributed by atoms with van der Waals surface area (Å²) in [5, 5.41) is 6.24. The summed E-state index contributed by atoms with van der Waals surface area (Å²) in [6, 6.07) is 16.7. The third-order valence-corrected chi connectivity index (χ3v) is 11.7. The SMILES string of the molecule is C/C(ON(C)C)=C(/C)S(O)(C=O)N(CCCc1ccccc1)C[C@H]1CCC2=Cc3c(cnn3-c3ccc(F)cc3)C[C@@]21C. The lowest BCUT2D eigenvalue weighted by molar-refractivity contribution is -0.0732. The Morgan fingerprint density at radius 1 is 1.19 bits per heavy atom. The van der Waals surface area contributed by atoms with E-state index in [1.54, 1.807) is 38.2 Å². The summed E-state index contributed by atoms with van der Waals surface area (Å²) < 4.78 is 29.6. The molecule has 0 spiro atoms. The number of carbonyl (C=O) groups excluding carboxylic acids is 1. The van der Waals surface area contributed by atoms with Gasteiger partial charge in [-0.2, -0.15) is 10.2 Å². The summed E-state index contributed by atoms with van der Waals surface area (Å²) in [6.07, 6.45) is 8.59.